The standard InChI is InChI=1S/C17H30N4O2/c1-15(2,3)12-8-13(20-23-12)19-14(22)21-16(4,5)9-11(18)10-17(21,6)7/h8,11H,9-10,18H2,1-7H3,(H,19,20,22). The van der Waals surface area contributed by atoms with Gasteiger partial charge < -0.3 is 15.2 Å². The number of piperidine rings is 1. The monoisotopic (exact) mass is 322 g/mol. The summed E-state index contributed by atoms with van der Waals surface area (Å²) in [7, 11) is 0. The minimum Gasteiger partial charge on any atom is -0.359 e. The molecule has 6 heteroatoms. The van der Waals surface area contributed by atoms with E-state index in [0.29, 0.717) is 5.82 Å². The van der Waals surface area contributed by atoms with Crippen LogP contribution in [0.25, 0.3) is 0 Å². The van der Waals surface area contributed by atoms with Crippen LogP contribution in [0.3, 0.4) is 0 Å². The van der Waals surface area contributed by atoms with Crippen molar-refractivity contribution in [3.63, 3.8) is 0 Å². The van der Waals surface area contributed by atoms with Crippen LogP contribution in [0.5, 0.6) is 0 Å². The Labute approximate surface area is 138 Å². The zero-order valence-corrected chi connectivity index (χ0v) is 15.4. The largest absolute Gasteiger partial charge is 0.359 e. The minimum absolute atomic E-state index is 0.101. The lowest BCUT2D eigenvalue weighted by Gasteiger charge is -2.54. The summed E-state index contributed by atoms with van der Waals surface area (Å²) in [6, 6.07) is 1.72. The van der Waals surface area contributed by atoms with Crippen molar-refractivity contribution in [3.8, 4) is 0 Å². The highest BCUT2D eigenvalue weighted by molar-refractivity contribution is 5.89. The van der Waals surface area contributed by atoms with Crippen molar-refractivity contribution in [3.05, 3.63) is 11.8 Å². The van der Waals surface area contributed by atoms with E-state index in [4.69, 9.17) is 10.3 Å². The Morgan fingerprint density at radius 3 is 2.26 bits per heavy atom. The molecule has 1 aliphatic rings. The van der Waals surface area contributed by atoms with Gasteiger partial charge in [0.05, 0.1) is 0 Å². The molecular weight excluding hydrogens is 292 g/mol. The number of nitrogens with two attached hydrogens (primary N) is 1. The Balaban J connectivity index is 2.20. The summed E-state index contributed by atoms with van der Waals surface area (Å²) in [5.41, 5.74) is 5.38. The van der Waals surface area contributed by atoms with E-state index in [9.17, 15) is 4.79 Å². The van der Waals surface area contributed by atoms with Crippen molar-refractivity contribution in [2.45, 2.75) is 83.8 Å². The Morgan fingerprint density at radius 1 is 1.30 bits per heavy atom. The number of nitrogens with one attached hydrogen (secondary N) is 1. The van der Waals surface area contributed by atoms with Gasteiger partial charge in [-0.25, -0.2) is 4.79 Å². The van der Waals surface area contributed by atoms with Crippen LogP contribution in [0, 0.1) is 0 Å². The van der Waals surface area contributed by atoms with E-state index in [1.165, 1.54) is 0 Å². The molecule has 2 heterocycles. The predicted molar refractivity (Wildman–Crippen MR) is 91.4 cm³/mol. The fourth-order valence-corrected chi connectivity index (χ4v) is 3.76. The van der Waals surface area contributed by atoms with Crippen LogP contribution in [0.2, 0.25) is 0 Å². The number of nitrogens with zero attached hydrogens (tertiary/aromatic N) is 2. The van der Waals surface area contributed by atoms with E-state index < -0.39 is 0 Å². The van der Waals surface area contributed by atoms with E-state index in [1.807, 2.05) is 25.7 Å². The molecule has 1 aromatic heterocycles. The number of rotatable bonds is 1. The van der Waals surface area contributed by atoms with Crippen LogP contribution in [0.4, 0.5) is 10.6 Å². The maximum absolute atomic E-state index is 12.9. The maximum Gasteiger partial charge on any atom is 0.323 e. The lowest BCUT2D eigenvalue weighted by atomic mass is 9.77. The van der Waals surface area contributed by atoms with Gasteiger partial charge in [0.1, 0.15) is 5.76 Å². The molecule has 2 rings (SSSR count). The summed E-state index contributed by atoms with van der Waals surface area (Å²) >= 11 is 0. The normalized spacial score (nSPS) is 21.3. The smallest absolute Gasteiger partial charge is 0.323 e. The van der Waals surface area contributed by atoms with Gasteiger partial charge in [0.2, 0.25) is 0 Å². The van der Waals surface area contributed by atoms with Gasteiger partial charge in [-0.05, 0) is 40.5 Å². The van der Waals surface area contributed by atoms with Crippen molar-refractivity contribution in [1.29, 1.82) is 0 Å². The number of likely N-dealkylation sites (tertiary alicyclic amines) is 1. The molecule has 0 radical (unpaired) electrons. The Kier molecular flexibility index (Phi) is 4.26. The SMILES string of the molecule is CC(C)(C)c1cc(NC(=O)N2C(C)(C)CC(N)CC2(C)C)no1. The molecule has 0 unspecified atom stereocenters. The van der Waals surface area contributed by atoms with Crippen LogP contribution < -0.4 is 11.1 Å². The summed E-state index contributed by atoms with van der Waals surface area (Å²) in [6.45, 7) is 14.3. The minimum atomic E-state index is -0.318. The molecule has 23 heavy (non-hydrogen) atoms. The topological polar surface area (TPSA) is 84.4 Å². The Morgan fingerprint density at radius 2 is 1.83 bits per heavy atom. The number of urea groups is 1. The molecule has 3 N–H and O–H groups in total. The number of hydrogen-bond acceptors (Lipinski definition) is 4. The van der Waals surface area contributed by atoms with Crippen molar-refractivity contribution in [2.24, 2.45) is 5.73 Å². The molecular formula is C17H30N4O2. The first-order valence-corrected chi connectivity index (χ1v) is 8.17. The van der Waals surface area contributed by atoms with E-state index in [2.05, 4.69) is 38.2 Å². The highest BCUT2D eigenvalue weighted by atomic mass is 16.5. The summed E-state index contributed by atoms with van der Waals surface area (Å²) in [6.07, 6.45) is 1.55. The van der Waals surface area contributed by atoms with Gasteiger partial charge in [0.25, 0.3) is 0 Å². The Hall–Kier alpha value is -1.56. The third-order valence-corrected chi connectivity index (χ3v) is 4.42. The molecule has 1 fully saturated rings. The predicted octanol–water partition coefficient (Wildman–Crippen LogP) is 3.48. The molecule has 1 aliphatic heterocycles. The second-order valence-electron chi connectivity index (χ2n) is 8.89. The third-order valence-electron chi connectivity index (χ3n) is 4.42. The quantitative estimate of drug-likeness (QED) is 0.829. The van der Waals surface area contributed by atoms with E-state index in [0.717, 1.165) is 18.6 Å². The third kappa shape index (κ3) is 3.68. The average molecular weight is 322 g/mol. The fraction of sp³-hybridized carbons (Fsp3) is 0.765. The summed E-state index contributed by atoms with van der Waals surface area (Å²) < 4.78 is 5.34. The molecule has 0 aliphatic carbocycles. The van der Waals surface area contributed by atoms with E-state index in [1.54, 1.807) is 6.07 Å². The number of carbonyl (C=O) groups is 1. The van der Waals surface area contributed by atoms with Gasteiger partial charge in [-0.3, -0.25) is 5.32 Å². The first-order chi connectivity index (χ1) is 10.3. The molecule has 0 spiro atoms. The molecule has 6 nitrogen and oxygen atoms in total. The van der Waals surface area contributed by atoms with Crippen LogP contribution in [0.15, 0.2) is 10.6 Å². The van der Waals surface area contributed by atoms with Crippen molar-refractivity contribution >= 4 is 11.8 Å². The zero-order chi connectivity index (χ0) is 17.6. The first-order valence-electron chi connectivity index (χ1n) is 8.17. The lowest BCUT2D eigenvalue weighted by Crippen LogP contribution is -2.66. The summed E-state index contributed by atoms with van der Waals surface area (Å²) in [5.74, 6) is 1.19. The van der Waals surface area contributed by atoms with Gasteiger partial charge in [-0.15, -0.1) is 0 Å². The number of amides is 2. The molecule has 2 amide bonds. The molecule has 0 aromatic carbocycles. The van der Waals surface area contributed by atoms with E-state index in [-0.39, 0.29) is 28.6 Å². The van der Waals surface area contributed by atoms with Crippen LogP contribution >= 0.6 is 0 Å². The summed E-state index contributed by atoms with van der Waals surface area (Å²) in [4.78, 5) is 14.7. The van der Waals surface area contributed by atoms with Crippen molar-refractivity contribution in [2.75, 3.05) is 5.32 Å². The number of hydrogen-bond donors (Lipinski definition) is 2. The first kappa shape index (κ1) is 17.8. The number of carbonyl (C=O) groups excluding carboxylic acids is 1. The number of aromatic nitrogens is 1. The number of anilines is 1. The Bertz CT molecular complexity index is 566. The second kappa shape index (κ2) is 5.51. The molecule has 0 atom stereocenters. The second-order valence-corrected chi connectivity index (χ2v) is 8.89. The van der Waals surface area contributed by atoms with Gasteiger partial charge in [0, 0.05) is 28.6 Å². The lowest BCUT2D eigenvalue weighted by molar-refractivity contribution is 0.00871. The molecule has 130 valence electrons. The maximum atomic E-state index is 12.9. The van der Waals surface area contributed by atoms with Gasteiger partial charge in [0.15, 0.2) is 5.82 Å². The summed E-state index contributed by atoms with van der Waals surface area (Å²) in [5, 5.41) is 6.84. The van der Waals surface area contributed by atoms with Gasteiger partial charge in [-0.1, -0.05) is 25.9 Å². The highest BCUT2D eigenvalue weighted by Gasteiger charge is 2.47. The molecule has 1 saturated heterocycles. The van der Waals surface area contributed by atoms with Crippen molar-refractivity contribution < 1.29 is 9.32 Å². The zero-order valence-electron chi connectivity index (χ0n) is 15.4. The van der Waals surface area contributed by atoms with Crippen molar-refractivity contribution in [1.82, 2.24) is 10.1 Å². The van der Waals surface area contributed by atoms with Crippen LogP contribution in [-0.2, 0) is 5.41 Å². The van der Waals surface area contributed by atoms with Gasteiger partial charge >= 0.3 is 6.03 Å². The average Bonchev–Trinajstić information content (AvgIpc) is 2.71. The van der Waals surface area contributed by atoms with Gasteiger partial charge in [-0.2, -0.15) is 0 Å². The molecule has 0 bridgehead atoms. The highest BCUT2D eigenvalue weighted by Crippen LogP contribution is 2.38. The molecule has 0 saturated carbocycles. The fourth-order valence-electron chi connectivity index (χ4n) is 3.76. The molecule has 1 aromatic rings. The van der Waals surface area contributed by atoms with Crippen LogP contribution in [-0.4, -0.2) is 33.2 Å². The van der Waals surface area contributed by atoms with E-state index >= 15 is 0 Å². The van der Waals surface area contributed by atoms with Crippen LogP contribution in [0.1, 0.15) is 67.1 Å².